The first-order valence-corrected chi connectivity index (χ1v) is 11.9. The second-order valence-electron chi connectivity index (χ2n) is 9.37. The summed E-state index contributed by atoms with van der Waals surface area (Å²) in [4.78, 5) is 24.3. The van der Waals surface area contributed by atoms with Crippen LogP contribution in [0.25, 0.3) is 0 Å². The molecule has 8 heteroatoms. The van der Waals surface area contributed by atoms with Crippen molar-refractivity contribution in [1.29, 1.82) is 0 Å². The van der Waals surface area contributed by atoms with Crippen LogP contribution >= 0.6 is 0 Å². The Balaban J connectivity index is 2.83. The molecule has 8 nitrogen and oxygen atoms in total. The Morgan fingerprint density at radius 3 is 1.43 bits per heavy atom. The highest BCUT2D eigenvalue weighted by atomic mass is 16.6. The molecule has 0 spiro atoms. The Bertz CT molecular complexity index is 1070. The van der Waals surface area contributed by atoms with Gasteiger partial charge in [0, 0.05) is 28.7 Å². The maximum Gasteiger partial charge on any atom is 0.335 e. The molecule has 2 unspecified atom stereocenters. The van der Waals surface area contributed by atoms with E-state index in [1.807, 2.05) is 26.0 Å². The maximum absolute atomic E-state index is 12.1. The summed E-state index contributed by atoms with van der Waals surface area (Å²) in [6.45, 7) is 17.3. The molecular weight excluding hydrogens is 476 g/mol. The van der Waals surface area contributed by atoms with Crippen molar-refractivity contribution in [2.75, 3.05) is 13.2 Å². The van der Waals surface area contributed by atoms with Crippen LogP contribution in [0.5, 0.6) is 23.0 Å². The Morgan fingerprint density at radius 1 is 0.784 bits per heavy atom. The van der Waals surface area contributed by atoms with E-state index >= 15 is 0 Å². The first kappa shape index (κ1) is 29.6. The lowest BCUT2D eigenvalue weighted by molar-refractivity contribution is -0.130. The molecule has 200 valence electrons. The SMILES string of the molecule is C=CC(=O)Oc1c(C)ccc(C(C)(C)c2ccc(C)c(OC(=O)C=C)c2OCC(C)O)c1OCC(C)O. The normalized spacial score (nSPS) is 12.8. The van der Waals surface area contributed by atoms with Gasteiger partial charge in [0.15, 0.2) is 23.0 Å². The maximum atomic E-state index is 12.1. The van der Waals surface area contributed by atoms with Gasteiger partial charge in [-0.2, -0.15) is 0 Å². The summed E-state index contributed by atoms with van der Waals surface area (Å²) in [5, 5.41) is 19.8. The number of hydrogen-bond acceptors (Lipinski definition) is 8. The van der Waals surface area contributed by atoms with Gasteiger partial charge >= 0.3 is 11.9 Å². The summed E-state index contributed by atoms with van der Waals surface area (Å²) < 4.78 is 23.1. The molecule has 0 aliphatic rings. The molecule has 0 saturated heterocycles. The van der Waals surface area contributed by atoms with Crippen molar-refractivity contribution >= 4 is 11.9 Å². The van der Waals surface area contributed by atoms with Gasteiger partial charge < -0.3 is 29.2 Å². The van der Waals surface area contributed by atoms with Gasteiger partial charge in [-0.15, -0.1) is 0 Å². The summed E-state index contributed by atoms with van der Waals surface area (Å²) in [7, 11) is 0. The van der Waals surface area contributed by atoms with Crippen molar-refractivity contribution in [2.45, 2.75) is 59.2 Å². The van der Waals surface area contributed by atoms with Crippen LogP contribution in [0.4, 0.5) is 0 Å². The molecule has 0 fully saturated rings. The topological polar surface area (TPSA) is 112 Å². The van der Waals surface area contributed by atoms with Crippen molar-refractivity contribution in [1.82, 2.24) is 0 Å². The monoisotopic (exact) mass is 512 g/mol. The lowest BCUT2D eigenvalue weighted by Gasteiger charge is -2.32. The van der Waals surface area contributed by atoms with Crippen LogP contribution in [0.15, 0.2) is 49.6 Å². The molecule has 2 aromatic carbocycles. The molecule has 0 radical (unpaired) electrons. The largest absolute Gasteiger partial charge is 0.487 e. The molecule has 37 heavy (non-hydrogen) atoms. The lowest BCUT2D eigenvalue weighted by atomic mass is 9.76. The van der Waals surface area contributed by atoms with Gasteiger partial charge in [0.2, 0.25) is 0 Å². The number of aryl methyl sites for hydroxylation is 2. The fourth-order valence-corrected chi connectivity index (χ4v) is 3.68. The molecule has 0 heterocycles. The quantitative estimate of drug-likeness (QED) is 0.246. The van der Waals surface area contributed by atoms with E-state index in [-0.39, 0.29) is 36.2 Å². The number of aliphatic hydroxyl groups excluding tert-OH is 2. The van der Waals surface area contributed by atoms with Gasteiger partial charge in [0.25, 0.3) is 0 Å². The second-order valence-corrected chi connectivity index (χ2v) is 9.37. The van der Waals surface area contributed by atoms with E-state index < -0.39 is 29.6 Å². The van der Waals surface area contributed by atoms with E-state index in [0.29, 0.717) is 22.3 Å². The van der Waals surface area contributed by atoms with Crippen LogP contribution < -0.4 is 18.9 Å². The number of benzene rings is 2. The van der Waals surface area contributed by atoms with E-state index in [1.54, 1.807) is 39.8 Å². The standard InChI is InChI=1S/C29H36O8/c1-9-23(32)36-25-17(3)11-13-21(27(25)34-15-19(5)30)29(7,8)22-14-12-18(4)26(37-24(33)10-2)28(22)35-16-20(6)31/h9-14,19-20,30-31H,1-2,15-16H2,3-8H3. The van der Waals surface area contributed by atoms with Crippen molar-refractivity contribution < 1.29 is 38.7 Å². The Morgan fingerprint density at radius 2 is 1.14 bits per heavy atom. The minimum absolute atomic E-state index is 0.0490. The van der Waals surface area contributed by atoms with Crippen LogP contribution in [-0.4, -0.2) is 47.6 Å². The molecule has 0 aliphatic heterocycles. The summed E-state index contributed by atoms with van der Waals surface area (Å²) in [6.07, 6.45) is 0.540. The predicted octanol–water partition coefficient (Wildman–Crippen LogP) is 4.33. The number of esters is 2. The van der Waals surface area contributed by atoms with Gasteiger partial charge in [0.1, 0.15) is 13.2 Å². The average Bonchev–Trinajstić information content (AvgIpc) is 2.83. The average molecular weight is 513 g/mol. The highest BCUT2D eigenvalue weighted by Gasteiger charge is 2.35. The summed E-state index contributed by atoms with van der Waals surface area (Å²) in [5.41, 5.74) is 1.67. The number of aliphatic hydroxyl groups is 2. The zero-order valence-electron chi connectivity index (χ0n) is 22.3. The molecule has 2 atom stereocenters. The highest BCUT2D eigenvalue weighted by Crippen LogP contribution is 2.49. The van der Waals surface area contributed by atoms with E-state index in [1.165, 1.54) is 0 Å². The first-order chi connectivity index (χ1) is 17.3. The number of hydrogen-bond donors (Lipinski definition) is 2. The van der Waals surface area contributed by atoms with Crippen LogP contribution in [0.2, 0.25) is 0 Å². The molecule has 2 aromatic rings. The molecule has 0 bridgehead atoms. The molecular formula is C29H36O8. The van der Waals surface area contributed by atoms with Crippen LogP contribution in [0.1, 0.15) is 49.9 Å². The van der Waals surface area contributed by atoms with E-state index in [2.05, 4.69) is 13.2 Å². The number of rotatable bonds is 12. The molecule has 0 aromatic heterocycles. The minimum atomic E-state index is -0.867. The first-order valence-electron chi connectivity index (χ1n) is 11.9. The zero-order valence-corrected chi connectivity index (χ0v) is 22.3. The van der Waals surface area contributed by atoms with Gasteiger partial charge in [-0.25, -0.2) is 9.59 Å². The summed E-state index contributed by atoms with van der Waals surface area (Å²) in [5.74, 6) is -0.369. The summed E-state index contributed by atoms with van der Waals surface area (Å²) in [6, 6.07) is 7.26. The third-order valence-corrected chi connectivity index (χ3v) is 5.64. The van der Waals surface area contributed by atoms with Crippen molar-refractivity contribution in [3.8, 4) is 23.0 Å². The fourth-order valence-electron chi connectivity index (χ4n) is 3.68. The highest BCUT2D eigenvalue weighted by molar-refractivity contribution is 5.85. The smallest absolute Gasteiger partial charge is 0.335 e. The van der Waals surface area contributed by atoms with Gasteiger partial charge in [-0.1, -0.05) is 51.3 Å². The van der Waals surface area contributed by atoms with Gasteiger partial charge in [-0.3, -0.25) is 0 Å². The second kappa shape index (κ2) is 12.6. The van der Waals surface area contributed by atoms with Crippen molar-refractivity contribution in [3.05, 3.63) is 71.8 Å². The van der Waals surface area contributed by atoms with Crippen LogP contribution in [0, 0.1) is 13.8 Å². The van der Waals surface area contributed by atoms with Crippen molar-refractivity contribution in [2.24, 2.45) is 0 Å². The minimum Gasteiger partial charge on any atom is -0.487 e. The van der Waals surface area contributed by atoms with Gasteiger partial charge in [0.05, 0.1) is 12.2 Å². The molecule has 0 aliphatic carbocycles. The Hall–Kier alpha value is -3.62. The van der Waals surface area contributed by atoms with E-state index in [4.69, 9.17) is 18.9 Å². The Kier molecular flexibility index (Phi) is 10.1. The lowest BCUT2D eigenvalue weighted by Crippen LogP contribution is -2.25. The molecule has 0 amide bonds. The number of carbonyl (C=O) groups is 2. The third kappa shape index (κ3) is 7.21. The van der Waals surface area contributed by atoms with E-state index in [0.717, 1.165) is 12.2 Å². The molecule has 2 rings (SSSR count). The Labute approximate surface area is 218 Å². The predicted molar refractivity (Wildman–Crippen MR) is 141 cm³/mol. The summed E-state index contributed by atoms with van der Waals surface area (Å²) >= 11 is 0. The molecule has 2 N–H and O–H groups in total. The number of ether oxygens (including phenoxy) is 4. The van der Waals surface area contributed by atoms with E-state index in [9.17, 15) is 19.8 Å². The third-order valence-electron chi connectivity index (χ3n) is 5.64. The zero-order chi connectivity index (χ0) is 27.9. The van der Waals surface area contributed by atoms with Crippen LogP contribution in [0.3, 0.4) is 0 Å². The number of carbonyl (C=O) groups excluding carboxylic acids is 2. The molecule has 0 saturated carbocycles. The van der Waals surface area contributed by atoms with Gasteiger partial charge in [-0.05, 0) is 38.8 Å². The van der Waals surface area contributed by atoms with Crippen LogP contribution in [-0.2, 0) is 15.0 Å². The van der Waals surface area contributed by atoms with Crippen molar-refractivity contribution in [3.63, 3.8) is 0 Å². The fraction of sp³-hybridized carbons (Fsp3) is 0.379.